The van der Waals surface area contributed by atoms with Gasteiger partial charge in [-0.3, -0.25) is 4.79 Å². The van der Waals surface area contributed by atoms with Crippen LogP contribution in [0.2, 0.25) is 5.02 Å². The summed E-state index contributed by atoms with van der Waals surface area (Å²) < 4.78 is 19.1. The quantitative estimate of drug-likeness (QED) is 0.740. The molecule has 1 aliphatic heterocycles. The van der Waals surface area contributed by atoms with Gasteiger partial charge in [0.1, 0.15) is 11.6 Å². The lowest BCUT2D eigenvalue weighted by molar-refractivity contribution is -0.133. The lowest BCUT2D eigenvalue weighted by Gasteiger charge is -2.36. The summed E-state index contributed by atoms with van der Waals surface area (Å²) in [6, 6.07) is 11.8. The van der Waals surface area contributed by atoms with Gasteiger partial charge in [-0.1, -0.05) is 17.7 Å². The molecule has 2 aromatic carbocycles. The molecule has 0 spiro atoms. The minimum Gasteiger partial charge on any atom is -0.483 e. The number of amides is 1. The lowest BCUT2D eigenvalue weighted by Crippen LogP contribution is -2.50. The van der Waals surface area contributed by atoms with Crippen LogP contribution in [0.5, 0.6) is 5.75 Å². The largest absolute Gasteiger partial charge is 0.483 e. The predicted octanol–water partition coefficient (Wildman–Crippen LogP) is 3.97. The Morgan fingerprint density at radius 2 is 1.92 bits per heavy atom. The van der Waals surface area contributed by atoms with Crippen molar-refractivity contribution in [3.05, 3.63) is 57.8 Å². The topological polar surface area (TPSA) is 32.8 Å². The maximum atomic E-state index is 13.1. The molecular weight excluding hydrogens is 411 g/mol. The molecule has 1 fully saturated rings. The summed E-state index contributed by atoms with van der Waals surface area (Å²) in [5, 5.41) is 0.703. The number of hydrogen-bond acceptors (Lipinski definition) is 3. The van der Waals surface area contributed by atoms with Crippen LogP contribution in [-0.2, 0) is 4.79 Å². The molecule has 0 unspecified atom stereocenters. The van der Waals surface area contributed by atoms with Gasteiger partial charge < -0.3 is 14.5 Å². The van der Waals surface area contributed by atoms with E-state index in [0.717, 1.165) is 18.8 Å². The zero-order valence-corrected chi connectivity index (χ0v) is 15.8. The van der Waals surface area contributed by atoms with Crippen molar-refractivity contribution in [3.8, 4) is 5.75 Å². The van der Waals surface area contributed by atoms with E-state index >= 15 is 0 Å². The highest BCUT2D eigenvalue weighted by Gasteiger charge is 2.22. The smallest absolute Gasteiger partial charge is 0.260 e. The number of halogens is 3. The van der Waals surface area contributed by atoms with Crippen LogP contribution >= 0.6 is 27.5 Å². The molecule has 132 valence electrons. The van der Waals surface area contributed by atoms with Gasteiger partial charge in [0.25, 0.3) is 5.91 Å². The molecule has 1 heterocycles. The maximum absolute atomic E-state index is 13.1. The van der Waals surface area contributed by atoms with Gasteiger partial charge in [0.05, 0.1) is 4.47 Å². The molecule has 2 aromatic rings. The lowest BCUT2D eigenvalue weighted by atomic mass is 10.2. The highest BCUT2D eigenvalue weighted by molar-refractivity contribution is 9.10. The molecule has 0 atom stereocenters. The number of nitrogens with zero attached hydrogens (tertiary/aromatic N) is 2. The van der Waals surface area contributed by atoms with Crippen LogP contribution in [0.1, 0.15) is 0 Å². The van der Waals surface area contributed by atoms with E-state index in [9.17, 15) is 9.18 Å². The Labute approximate surface area is 159 Å². The second kappa shape index (κ2) is 8.06. The molecule has 25 heavy (non-hydrogen) atoms. The molecule has 0 N–H and O–H groups in total. The maximum Gasteiger partial charge on any atom is 0.260 e. The summed E-state index contributed by atoms with van der Waals surface area (Å²) in [5.41, 5.74) is 1.06. The third-order valence-electron chi connectivity index (χ3n) is 4.05. The van der Waals surface area contributed by atoms with Gasteiger partial charge in [-0.05, 0) is 52.3 Å². The normalized spacial score (nSPS) is 14.5. The van der Waals surface area contributed by atoms with E-state index in [0.29, 0.717) is 28.3 Å². The first-order chi connectivity index (χ1) is 12.0. The molecule has 1 saturated heterocycles. The van der Waals surface area contributed by atoms with E-state index in [1.807, 2.05) is 24.3 Å². The Morgan fingerprint density at radius 1 is 1.16 bits per heavy atom. The molecule has 3 rings (SSSR count). The van der Waals surface area contributed by atoms with Gasteiger partial charge in [0.2, 0.25) is 0 Å². The van der Waals surface area contributed by atoms with Crippen molar-refractivity contribution < 1.29 is 13.9 Å². The van der Waals surface area contributed by atoms with Crippen molar-refractivity contribution in [2.45, 2.75) is 0 Å². The number of benzene rings is 2. The van der Waals surface area contributed by atoms with Gasteiger partial charge in [-0.2, -0.15) is 0 Å². The van der Waals surface area contributed by atoms with Gasteiger partial charge >= 0.3 is 0 Å². The average molecular weight is 428 g/mol. The minimum atomic E-state index is -0.359. The van der Waals surface area contributed by atoms with E-state index in [-0.39, 0.29) is 18.3 Å². The Hall–Kier alpha value is -1.79. The van der Waals surface area contributed by atoms with Crippen LogP contribution in [0.15, 0.2) is 46.9 Å². The number of carbonyl (C=O) groups excluding carboxylic acids is 1. The van der Waals surface area contributed by atoms with E-state index in [1.165, 1.54) is 18.2 Å². The van der Waals surface area contributed by atoms with E-state index in [4.69, 9.17) is 16.3 Å². The molecular formula is C18H17BrClFN2O2. The van der Waals surface area contributed by atoms with Crippen LogP contribution in [0, 0.1) is 5.82 Å². The zero-order chi connectivity index (χ0) is 17.8. The fraction of sp³-hybridized carbons (Fsp3) is 0.278. The third-order valence-corrected chi connectivity index (χ3v) is 4.91. The fourth-order valence-electron chi connectivity index (χ4n) is 2.71. The van der Waals surface area contributed by atoms with Crippen LogP contribution in [0.3, 0.4) is 0 Å². The van der Waals surface area contributed by atoms with E-state index in [1.54, 1.807) is 4.90 Å². The Bertz CT molecular complexity index is 766. The van der Waals surface area contributed by atoms with Crippen LogP contribution in [0.4, 0.5) is 10.1 Å². The standard InChI is InChI=1S/C18H17BrClFN2O2/c19-16-11-14(21)4-5-17(16)25-12-18(24)23-8-6-22(7-9-23)15-3-1-2-13(20)10-15/h1-5,10-11H,6-9,12H2. The van der Waals surface area contributed by atoms with E-state index < -0.39 is 0 Å². The first kappa shape index (κ1) is 18.0. The third kappa shape index (κ3) is 4.64. The monoisotopic (exact) mass is 426 g/mol. The van der Waals surface area contributed by atoms with Crippen LogP contribution in [0.25, 0.3) is 0 Å². The molecule has 4 nitrogen and oxygen atoms in total. The summed E-state index contributed by atoms with van der Waals surface area (Å²) in [7, 11) is 0. The van der Waals surface area contributed by atoms with E-state index in [2.05, 4.69) is 20.8 Å². The number of rotatable bonds is 4. The molecule has 1 aliphatic rings. The predicted molar refractivity (Wildman–Crippen MR) is 99.8 cm³/mol. The minimum absolute atomic E-state index is 0.0681. The van der Waals surface area contributed by atoms with Crippen molar-refractivity contribution in [3.63, 3.8) is 0 Å². The summed E-state index contributed by atoms with van der Waals surface area (Å²) in [4.78, 5) is 16.3. The average Bonchev–Trinajstić information content (AvgIpc) is 2.61. The number of ether oxygens (including phenoxy) is 1. The second-order valence-electron chi connectivity index (χ2n) is 5.71. The van der Waals surface area contributed by atoms with Crippen molar-refractivity contribution in [2.75, 3.05) is 37.7 Å². The van der Waals surface area contributed by atoms with Crippen LogP contribution < -0.4 is 9.64 Å². The Kier molecular flexibility index (Phi) is 5.81. The van der Waals surface area contributed by atoms with Crippen molar-refractivity contribution in [1.82, 2.24) is 4.90 Å². The fourth-order valence-corrected chi connectivity index (χ4v) is 3.36. The highest BCUT2D eigenvalue weighted by Crippen LogP contribution is 2.25. The Balaban J connectivity index is 1.51. The van der Waals surface area contributed by atoms with Gasteiger partial charge in [-0.15, -0.1) is 0 Å². The molecule has 0 saturated carbocycles. The van der Waals surface area contributed by atoms with Gasteiger partial charge in [0.15, 0.2) is 6.61 Å². The van der Waals surface area contributed by atoms with Crippen molar-refractivity contribution in [1.29, 1.82) is 0 Å². The van der Waals surface area contributed by atoms with Crippen molar-refractivity contribution in [2.24, 2.45) is 0 Å². The number of piperazine rings is 1. The molecule has 1 amide bonds. The molecule has 0 aliphatic carbocycles. The summed E-state index contributed by atoms with van der Waals surface area (Å²) in [6.45, 7) is 2.67. The summed E-state index contributed by atoms with van der Waals surface area (Å²) >= 11 is 9.26. The second-order valence-corrected chi connectivity index (χ2v) is 7.00. The van der Waals surface area contributed by atoms with Crippen LogP contribution in [-0.4, -0.2) is 43.6 Å². The number of hydrogen-bond donors (Lipinski definition) is 0. The Morgan fingerprint density at radius 3 is 2.60 bits per heavy atom. The summed E-state index contributed by atoms with van der Waals surface area (Å²) in [6.07, 6.45) is 0. The zero-order valence-electron chi connectivity index (χ0n) is 13.4. The SMILES string of the molecule is O=C(COc1ccc(F)cc1Br)N1CCN(c2cccc(Cl)c2)CC1. The number of carbonyl (C=O) groups is 1. The summed E-state index contributed by atoms with van der Waals surface area (Å²) in [5.74, 6) is 0.0111. The highest BCUT2D eigenvalue weighted by atomic mass is 79.9. The van der Waals surface area contributed by atoms with Gasteiger partial charge in [-0.25, -0.2) is 4.39 Å². The first-order valence-corrected chi connectivity index (χ1v) is 9.06. The molecule has 0 bridgehead atoms. The van der Waals surface area contributed by atoms with Gasteiger partial charge in [0, 0.05) is 36.9 Å². The first-order valence-electron chi connectivity index (χ1n) is 7.89. The molecule has 7 heteroatoms. The number of anilines is 1. The molecule has 0 aromatic heterocycles. The van der Waals surface area contributed by atoms with Crippen molar-refractivity contribution >= 4 is 39.1 Å². The molecule has 0 radical (unpaired) electrons.